The Bertz CT molecular complexity index is 537. The first-order chi connectivity index (χ1) is 10.9. The Balaban J connectivity index is 1.59. The number of rotatable bonds is 8. The van der Waals surface area contributed by atoms with Gasteiger partial charge in [-0.3, -0.25) is 0 Å². The number of nitrogens with one attached hydrogen (secondary N) is 2. The molecule has 0 aromatic carbocycles. The third kappa shape index (κ3) is 4.98. The number of unbranched alkanes of at least 4 members (excludes halogenated alkanes) is 3. The third-order valence-corrected chi connectivity index (χ3v) is 5.88. The summed E-state index contributed by atoms with van der Waals surface area (Å²) in [5.41, 5.74) is 0. The van der Waals surface area contributed by atoms with Crippen molar-refractivity contribution >= 4 is 22.0 Å². The summed E-state index contributed by atoms with van der Waals surface area (Å²) in [5.74, 6) is 0.124. The van der Waals surface area contributed by atoms with Crippen molar-refractivity contribution in [2.24, 2.45) is 0 Å². The van der Waals surface area contributed by atoms with Gasteiger partial charge >= 0.3 is 12.1 Å². The molecule has 2 aliphatic heterocycles. The van der Waals surface area contributed by atoms with Crippen molar-refractivity contribution in [3.63, 3.8) is 0 Å². The number of alkyl carbamates (subject to hydrolysis) is 1. The smallest absolute Gasteiger partial charge is 0.407 e. The van der Waals surface area contributed by atoms with E-state index in [2.05, 4.69) is 10.6 Å². The van der Waals surface area contributed by atoms with Crippen LogP contribution < -0.4 is 10.6 Å². The van der Waals surface area contributed by atoms with Crippen LogP contribution in [0.1, 0.15) is 32.6 Å². The molecule has 8 nitrogen and oxygen atoms in total. The van der Waals surface area contributed by atoms with E-state index in [0.29, 0.717) is 19.7 Å². The predicted molar refractivity (Wildman–Crippen MR) is 85.0 cm³/mol. The summed E-state index contributed by atoms with van der Waals surface area (Å²) >= 11 is 0. The number of hydrogen-bond donors (Lipinski definition) is 2. The van der Waals surface area contributed by atoms with E-state index in [1.54, 1.807) is 11.8 Å². The highest BCUT2D eigenvalue weighted by Gasteiger charge is 2.48. The third-order valence-electron chi connectivity index (χ3n) is 4.16. The van der Waals surface area contributed by atoms with Crippen molar-refractivity contribution < 1.29 is 22.7 Å². The second kappa shape index (κ2) is 7.85. The zero-order valence-electron chi connectivity index (χ0n) is 13.4. The van der Waals surface area contributed by atoms with Gasteiger partial charge < -0.3 is 20.3 Å². The summed E-state index contributed by atoms with van der Waals surface area (Å²) < 4.78 is 28.0. The standard InChI is InChI=1S/C14H25N3O5S/c1-2-22-14(19)15-7-5-3-4-6-8-17-12-10-23(20,21)9-11(12)16-13(17)18/h11-12H,2-10H2,1H3,(H,15,19)(H,16,18). The molecule has 2 heterocycles. The van der Waals surface area contributed by atoms with Crippen LogP contribution in [-0.4, -0.2) is 68.7 Å². The highest BCUT2D eigenvalue weighted by molar-refractivity contribution is 7.91. The van der Waals surface area contributed by atoms with Crippen LogP contribution in [0.5, 0.6) is 0 Å². The fourth-order valence-electron chi connectivity index (χ4n) is 3.07. The van der Waals surface area contributed by atoms with E-state index in [1.807, 2.05) is 0 Å². The summed E-state index contributed by atoms with van der Waals surface area (Å²) in [6, 6.07) is -0.613. The Kier molecular flexibility index (Phi) is 6.09. The molecular weight excluding hydrogens is 322 g/mol. The molecule has 0 aromatic heterocycles. The SMILES string of the molecule is CCOC(=O)NCCCCCCN1C(=O)NC2CS(=O)(=O)CC21. The fraction of sp³-hybridized carbons (Fsp3) is 0.857. The molecule has 2 fully saturated rings. The van der Waals surface area contributed by atoms with E-state index in [4.69, 9.17) is 4.74 Å². The van der Waals surface area contributed by atoms with Gasteiger partial charge in [-0.05, 0) is 19.8 Å². The molecule has 23 heavy (non-hydrogen) atoms. The summed E-state index contributed by atoms with van der Waals surface area (Å²) in [4.78, 5) is 24.6. The number of urea groups is 1. The minimum atomic E-state index is -3.03. The summed E-state index contributed by atoms with van der Waals surface area (Å²) in [7, 11) is -3.03. The quantitative estimate of drug-likeness (QED) is 0.491. The van der Waals surface area contributed by atoms with E-state index in [9.17, 15) is 18.0 Å². The molecule has 3 amide bonds. The molecule has 9 heteroatoms. The largest absolute Gasteiger partial charge is 0.450 e. The Labute approximate surface area is 136 Å². The average Bonchev–Trinajstić information content (AvgIpc) is 2.89. The van der Waals surface area contributed by atoms with Gasteiger partial charge in [0.2, 0.25) is 0 Å². The fourth-order valence-corrected chi connectivity index (χ4v) is 4.99. The van der Waals surface area contributed by atoms with Crippen molar-refractivity contribution in [1.82, 2.24) is 15.5 Å². The van der Waals surface area contributed by atoms with Gasteiger partial charge in [-0.2, -0.15) is 0 Å². The topological polar surface area (TPSA) is 105 Å². The highest BCUT2D eigenvalue weighted by atomic mass is 32.2. The lowest BCUT2D eigenvalue weighted by atomic mass is 10.1. The van der Waals surface area contributed by atoms with E-state index in [0.717, 1.165) is 25.7 Å². The number of carbonyl (C=O) groups is 2. The minimum Gasteiger partial charge on any atom is -0.450 e. The zero-order valence-corrected chi connectivity index (χ0v) is 14.2. The van der Waals surface area contributed by atoms with Crippen LogP contribution in [0.25, 0.3) is 0 Å². The van der Waals surface area contributed by atoms with Crippen molar-refractivity contribution in [2.45, 2.75) is 44.7 Å². The highest BCUT2D eigenvalue weighted by Crippen LogP contribution is 2.24. The van der Waals surface area contributed by atoms with Crippen LogP contribution >= 0.6 is 0 Å². The van der Waals surface area contributed by atoms with Gasteiger partial charge in [-0.1, -0.05) is 12.8 Å². The summed E-state index contributed by atoms with van der Waals surface area (Å²) in [6.07, 6.45) is 3.16. The first-order valence-electron chi connectivity index (χ1n) is 8.11. The maximum Gasteiger partial charge on any atom is 0.407 e. The van der Waals surface area contributed by atoms with E-state index in [1.165, 1.54) is 0 Å². The van der Waals surface area contributed by atoms with Crippen LogP contribution in [0.2, 0.25) is 0 Å². The van der Waals surface area contributed by atoms with Crippen LogP contribution in [0, 0.1) is 0 Å². The number of ether oxygens (including phenoxy) is 1. The van der Waals surface area contributed by atoms with Gasteiger partial charge in [0, 0.05) is 13.1 Å². The first-order valence-corrected chi connectivity index (χ1v) is 9.93. The van der Waals surface area contributed by atoms with Gasteiger partial charge in [0.05, 0.1) is 30.2 Å². The molecule has 132 valence electrons. The zero-order chi connectivity index (χ0) is 16.9. The first kappa shape index (κ1) is 17.8. The second-order valence-corrected chi connectivity index (χ2v) is 8.11. The van der Waals surface area contributed by atoms with Gasteiger partial charge in [0.1, 0.15) is 0 Å². The normalized spacial score (nSPS) is 25.1. The van der Waals surface area contributed by atoms with Crippen LogP contribution in [0.4, 0.5) is 9.59 Å². The molecule has 0 spiro atoms. The monoisotopic (exact) mass is 347 g/mol. The molecule has 2 unspecified atom stereocenters. The molecule has 2 atom stereocenters. The molecule has 2 rings (SSSR count). The molecule has 0 bridgehead atoms. The lowest BCUT2D eigenvalue weighted by molar-refractivity contribution is 0.152. The van der Waals surface area contributed by atoms with Gasteiger partial charge in [-0.15, -0.1) is 0 Å². The number of hydrogen-bond acceptors (Lipinski definition) is 5. The van der Waals surface area contributed by atoms with Gasteiger partial charge in [0.25, 0.3) is 0 Å². The van der Waals surface area contributed by atoms with E-state index in [-0.39, 0.29) is 29.6 Å². The molecule has 2 saturated heterocycles. The maximum absolute atomic E-state index is 11.9. The Morgan fingerprint density at radius 1 is 1.30 bits per heavy atom. The molecule has 2 N–H and O–H groups in total. The molecule has 2 aliphatic rings. The molecule has 0 aliphatic carbocycles. The average molecular weight is 347 g/mol. The van der Waals surface area contributed by atoms with Crippen LogP contribution in [0.3, 0.4) is 0 Å². The van der Waals surface area contributed by atoms with Gasteiger partial charge in [0.15, 0.2) is 9.84 Å². The predicted octanol–water partition coefficient (Wildman–Crippen LogP) is 0.484. The van der Waals surface area contributed by atoms with Gasteiger partial charge in [-0.25, -0.2) is 18.0 Å². The number of fused-ring (bicyclic) bond motifs is 1. The van der Waals surface area contributed by atoms with E-state index < -0.39 is 15.9 Å². The minimum absolute atomic E-state index is 0.0550. The van der Waals surface area contributed by atoms with Crippen molar-refractivity contribution in [2.75, 3.05) is 31.2 Å². The van der Waals surface area contributed by atoms with Crippen molar-refractivity contribution in [1.29, 1.82) is 0 Å². The lowest BCUT2D eigenvalue weighted by Crippen LogP contribution is -2.37. The second-order valence-electron chi connectivity index (χ2n) is 5.96. The van der Waals surface area contributed by atoms with E-state index >= 15 is 0 Å². The maximum atomic E-state index is 11.9. The molecular formula is C14H25N3O5S. The summed E-state index contributed by atoms with van der Waals surface area (Å²) in [6.45, 7) is 3.27. The van der Waals surface area contributed by atoms with Crippen molar-refractivity contribution in [3.8, 4) is 0 Å². The molecule has 0 aromatic rings. The lowest BCUT2D eigenvalue weighted by Gasteiger charge is -2.21. The molecule has 0 radical (unpaired) electrons. The van der Waals surface area contributed by atoms with Crippen LogP contribution in [0.15, 0.2) is 0 Å². The van der Waals surface area contributed by atoms with Crippen molar-refractivity contribution in [3.05, 3.63) is 0 Å². The Morgan fingerprint density at radius 2 is 2.04 bits per heavy atom. The summed E-state index contributed by atoms with van der Waals surface area (Å²) in [5, 5.41) is 5.41. The number of carbonyl (C=O) groups excluding carboxylic acids is 2. The number of nitrogens with zero attached hydrogens (tertiary/aromatic N) is 1. The Hall–Kier alpha value is -1.51. The number of amides is 3. The van der Waals surface area contributed by atoms with Crippen LogP contribution in [-0.2, 0) is 14.6 Å². The Morgan fingerprint density at radius 3 is 2.78 bits per heavy atom. The number of sulfone groups is 1. The molecule has 0 saturated carbocycles.